The van der Waals surface area contributed by atoms with Crippen molar-refractivity contribution in [1.82, 2.24) is 5.16 Å². The molecule has 116 valence electrons. The van der Waals surface area contributed by atoms with Gasteiger partial charge in [0.15, 0.2) is 17.7 Å². The summed E-state index contributed by atoms with van der Waals surface area (Å²) in [5.41, 5.74) is 0.630. The van der Waals surface area contributed by atoms with Crippen molar-refractivity contribution < 1.29 is 18.8 Å². The van der Waals surface area contributed by atoms with Crippen LogP contribution in [0, 0.1) is 6.92 Å². The number of Topliss-reactive ketones (excluding diaryl/α,β-unsaturated/α-hetero) is 1. The van der Waals surface area contributed by atoms with Gasteiger partial charge in [-0.15, -0.1) is 0 Å². The Bertz CT molecular complexity index is 661. The fourth-order valence-corrected chi connectivity index (χ4v) is 1.83. The van der Waals surface area contributed by atoms with Crippen LogP contribution < -0.4 is 10.1 Å². The molecule has 22 heavy (non-hydrogen) atoms. The molecule has 1 aromatic heterocycles. The first-order valence-electron chi connectivity index (χ1n) is 7.03. The number of nitrogens with one attached hydrogen (secondary N) is 1. The Hall–Kier alpha value is -2.63. The molecule has 0 radical (unpaired) electrons. The van der Waals surface area contributed by atoms with Crippen molar-refractivity contribution in [3.63, 3.8) is 0 Å². The number of aromatic nitrogens is 1. The second-order valence-electron chi connectivity index (χ2n) is 4.87. The van der Waals surface area contributed by atoms with Crippen LogP contribution in [0.3, 0.4) is 0 Å². The largest absolute Gasteiger partial charge is 0.481 e. The SMILES string of the molecule is CCC(=O)c1ccc(O[C@H](C)C(=O)Nc2cc(C)on2)cc1. The third-order valence-corrected chi connectivity index (χ3v) is 3.06. The minimum atomic E-state index is -0.704. The Kier molecular flexibility index (Phi) is 4.93. The molecule has 1 N–H and O–H groups in total. The van der Waals surface area contributed by atoms with Crippen molar-refractivity contribution in [2.45, 2.75) is 33.3 Å². The Morgan fingerprint density at radius 1 is 1.32 bits per heavy atom. The molecule has 1 heterocycles. The standard InChI is InChI=1S/C16H18N2O4/c1-4-14(19)12-5-7-13(8-6-12)21-11(3)16(20)17-15-9-10(2)22-18-15/h5-9,11H,4H2,1-3H3,(H,17,18,20)/t11-/m1/s1. The zero-order valence-electron chi connectivity index (χ0n) is 12.8. The van der Waals surface area contributed by atoms with Gasteiger partial charge in [-0.25, -0.2) is 0 Å². The highest BCUT2D eigenvalue weighted by Crippen LogP contribution is 2.16. The summed E-state index contributed by atoms with van der Waals surface area (Å²) < 4.78 is 10.4. The lowest BCUT2D eigenvalue weighted by Gasteiger charge is -2.13. The van der Waals surface area contributed by atoms with Crippen molar-refractivity contribution in [1.29, 1.82) is 0 Å². The van der Waals surface area contributed by atoms with Gasteiger partial charge in [-0.1, -0.05) is 12.1 Å². The van der Waals surface area contributed by atoms with E-state index in [0.29, 0.717) is 29.3 Å². The quantitative estimate of drug-likeness (QED) is 0.830. The minimum absolute atomic E-state index is 0.0683. The summed E-state index contributed by atoms with van der Waals surface area (Å²) in [5, 5.41) is 6.28. The van der Waals surface area contributed by atoms with Gasteiger partial charge < -0.3 is 14.6 Å². The Morgan fingerprint density at radius 2 is 2.00 bits per heavy atom. The maximum atomic E-state index is 12.0. The van der Waals surface area contributed by atoms with Crippen molar-refractivity contribution in [2.75, 3.05) is 5.32 Å². The number of amides is 1. The fourth-order valence-electron chi connectivity index (χ4n) is 1.83. The van der Waals surface area contributed by atoms with Crippen LogP contribution in [0.4, 0.5) is 5.82 Å². The molecule has 6 nitrogen and oxygen atoms in total. The van der Waals surface area contributed by atoms with Gasteiger partial charge in [0.2, 0.25) is 0 Å². The zero-order chi connectivity index (χ0) is 16.1. The number of benzene rings is 1. The second kappa shape index (κ2) is 6.89. The maximum Gasteiger partial charge on any atom is 0.266 e. The first-order chi connectivity index (χ1) is 10.5. The molecule has 0 saturated carbocycles. The van der Waals surface area contributed by atoms with Crippen LogP contribution in [0.15, 0.2) is 34.9 Å². The molecule has 2 aromatic rings. The van der Waals surface area contributed by atoms with Crippen molar-refractivity contribution >= 4 is 17.5 Å². The lowest BCUT2D eigenvalue weighted by Crippen LogP contribution is -2.30. The molecule has 0 bridgehead atoms. The molecule has 1 atom stereocenters. The summed E-state index contributed by atoms with van der Waals surface area (Å²) in [7, 11) is 0. The molecule has 0 spiro atoms. The van der Waals surface area contributed by atoms with Crippen LogP contribution in [-0.2, 0) is 4.79 Å². The number of aryl methyl sites for hydroxylation is 1. The van der Waals surface area contributed by atoms with Gasteiger partial charge in [-0.3, -0.25) is 9.59 Å². The summed E-state index contributed by atoms with van der Waals surface area (Å²) >= 11 is 0. The molecular weight excluding hydrogens is 284 g/mol. The third kappa shape index (κ3) is 3.94. The zero-order valence-corrected chi connectivity index (χ0v) is 12.8. The predicted octanol–water partition coefficient (Wildman–Crippen LogP) is 2.98. The summed E-state index contributed by atoms with van der Waals surface area (Å²) in [5.74, 6) is 1.22. The molecule has 6 heteroatoms. The van der Waals surface area contributed by atoms with E-state index in [2.05, 4.69) is 10.5 Å². The van der Waals surface area contributed by atoms with Crippen LogP contribution >= 0.6 is 0 Å². The molecule has 1 aromatic carbocycles. The Labute approximate surface area is 128 Å². The molecule has 0 aliphatic heterocycles. The highest BCUT2D eigenvalue weighted by Gasteiger charge is 2.16. The summed E-state index contributed by atoms with van der Waals surface area (Å²) in [4.78, 5) is 23.5. The van der Waals surface area contributed by atoms with E-state index in [4.69, 9.17) is 9.26 Å². The molecular formula is C16H18N2O4. The number of nitrogens with zero attached hydrogens (tertiary/aromatic N) is 1. The first kappa shape index (κ1) is 15.8. The number of ether oxygens (including phenoxy) is 1. The highest BCUT2D eigenvalue weighted by atomic mass is 16.5. The number of ketones is 1. The lowest BCUT2D eigenvalue weighted by molar-refractivity contribution is -0.122. The smallest absolute Gasteiger partial charge is 0.266 e. The van der Waals surface area contributed by atoms with E-state index in [1.54, 1.807) is 44.2 Å². The summed E-state index contributed by atoms with van der Waals surface area (Å²) in [6.07, 6.45) is -0.249. The van der Waals surface area contributed by atoms with E-state index in [1.165, 1.54) is 0 Å². The molecule has 0 aliphatic rings. The van der Waals surface area contributed by atoms with Crippen LogP contribution in [-0.4, -0.2) is 23.0 Å². The van der Waals surface area contributed by atoms with Gasteiger partial charge in [0.1, 0.15) is 11.5 Å². The molecule has 2 rings (SSSR count). The van der Waals surface area contributed by atoms with Gasteiger partial charge in [-0.05, 0) is 38.1 Å². The molecule has 1 amide bonds. The summed E-state index contributed by atoms with van der Waals surface area (Å²) in [6.45, 7) is 5.18. The van der Waals surface area contributed by atoms with Crippen LogP contribution in [0.2, 0.25) is 0 Å². The number of carbonyl (C=O) groups is 2. The number of rotatable bonds is 6. The molecule has 0 saturated heterocycles. The fraction of sp³-hybridized carbons (Fsp3) is 0.312. The number of anilines is 1. The number of hydrogen-bond donors (Lipinski definition) is 1. The van der Waals surface area contributed by atoms with E-state index in [-0.39, 0.29) is 11.7 Å². The minimum Gasteiger partial charge on any atom is -0.481 e. The summed E-state index contributed by atoms with van der Waals surface area (Å²) in [6, 6.07) is 8.34. The van der Waals surface area contributed by atoms with E-state index in [1.807, 2.05) is 6.92 Å². The van der Waals surface area contributed by atoms with Gasteiger partial charge in [-0.2, -0.15) is 0 Å². The van der Waals surface area contributed by atoms with E-state index in [9.17, 15) is 9.59 Å². The van der Waals surface area contributed by atoms with Crippen molar-refractivity contribution in [3.05, 3.63) is 41.7 Å². The Balaban J connectivity index is 1.94. The van der Waals surface area contributed by atoms with Gasteiger partial charge >= 0.3 is 0 Å². The van der Waals surface area contributed by atoms with E-state index < -0.39 is 6.10 Å². The number of hydrogen-bond acceptors (Lipinski definition) is 5. The lowest BCUT2D eigenvalue weighted by atomic mass is 10.1. The monoisotopic (exact) mass is 302 g/mol. The van der Waals surface area contributed by atoms with Gasteiger partial charge in [0, 0.05) is 18.1 Å². The average molecular weight is 302 g/mol. The van der Waals surface area contributed by atoms with Crippen molar-refractivity contribution in [2.24, 2.45) is 0 Å². The Morgan fingerprint density at radius 3 is 2.55 bits per heavy atom. The highest BCUT2D eigenvalue weighted by molar-refractivity contribution is 5.96. The molecule has 0 fully saturated rings. The van der Waals surface area contributed by atoms with Crippen LogP contribution in [0.1, 0.15) is 36.4 Å². The second-order valence-corrected chi connectivity index (χ2v) is 4.87. The van der Waals surface area contributed by atoms with E-state index >= 15 is 0 Å². The van der Waals surface area contributed by atoms with E-state index in [0.717, 1.165) is 0 Å². The topological polar surface area (TPSA) is 81.4 Å². The normalized spacial score (nSPS) is 11.8. The third-order valence-electron chi connectivity index (χ3n) is 3.06. The van der Waals surface area contributed by atoms with Crippen LogP contribution in [0.5, 0.6) is 5.75 Å². The molecule has 0 unspecified atom stereocenters. The predicted molar refractivity (Wildman–Crippen MR) is 81.0 cm³/mol. The van der Waals surface area contributed by atoms with Crippen molar-refractivity contribution in [3.8, 4) is 5.75 Å². The van der Waals surface area contributed by atoms with Gasteiger partial charge in [0.25, 0.3) is 5.91 Å². The average Bonchev–Trinajstić information content (AvgIpc) is 2.92. The van der Waals surface area contributed by atoms with Gasteiger partial charge in [0.05, 0.1) is 0 Å². The maximum absolute atomic E-state index is 12.0. The van der Waals surface area contributed by atoms with Crippen LogP contribution in [0.25, 0.3) is 0 Å². The molecule has 0 aliphatic carbocycles. The number of carbonyl (C=O) groups excluding carboxylic acids is 2. The first-order valence-corrected chi connectivity index (χ1v) is 7.03.